The highest BCUT2D eigenvalue weighted by Crippen LogP contribution is 2.21. The van der Waals surface area contributed by atoms with Crippen LogP contribution in [-0.4, -0.2) is 16.1 Å². The molecule has 0 amide bonds. The SMILES string of the molecule is Nc1cnc(-c2ccccc2)cc1CC(=O)O. The van der Waals surface area contributed by atoms with Crippen LogP contribution in [0.1, 0.15) is 5.56 Å². The van der Waals surface area contributed by atoms with E-state index < -0.39 is 5.97 Å². The van der Waals surface area contributed by atoms with Gasteiger partial charge in [0.1, 0.15) is 0 Å². The molecule has 0 saturated heterocycles. The van der Waals surface area contributed by atoms with E-state index in [1.807, 2.05) is 30.3 Å². The van der Waals surface area contributed by atoms with Crippen molar-refractivity contribution in [2.45, 2.75) is 6.42 Å². The molecule has 0 radical (unpaired) electrons. The van der Waals surface area contributed by atoms with Crippen molar-refractivity contribution in [2.24, 2.45) is 0 Å². The molecule has 0 unspecified atom stereocenters. The minimum Gasteiger partial charge on any atom is -0.481 e. The van der Waals surface area contributed by atoms with Crippen molar-refractivity contribution in [1.82, 2.24) is 4.98 Å². The molecule has 0 atom stereocenters. The molecule has 0 spiro atoms. The fourth-order valence-electron chi connectivity index (χ4n) is 1.59. The van der Waals surface area contributed by atoms with Gasteiger partial charge in [-0.15, -0.1) is 0 Å². The number of aromatic nitrogens is 1. The van der Waals surface area contributed by atoms with E-state index in [-0.39, 0.29) is 6.42 Å². The van der Waals surface area contributed by atoms with E-state index in [0.29, 0.717) is 11.3 Å². The number of carboxylic acid groups (broad SMARTS) is 1. The summed E-state index contributed by atoms with van der Waals surface area (Å²) in [5.41, 5.74) is 8.36. The minimum atomic E-state index is -0.901. The molecule has 0 fully saturated rings. The number of benzene rings is 1. The number of carboxylic acids is 1. The summed E-state index contributed by atoms with van der Waals surface area (Å²) in [6, 6.07) is 11.3. The second kappa shape index (κ2) is 4.65. The number of nitrogens with two attached hydrogens (primary N) is 1. The number of nitrogens with zero attached hydrogens (tertiary/aromatic N) is 1. The number of carbonyl (C=O) groups is 1. The molecular formula is C13H12N2O2. The molecule has 0 aliphatic heterocycles. The predicted molar refractivity (Wildman–Crippen MR) is 65.4 cm³/mol. The summed E-state index contributed by atoms with van der Waals surface area (Å²) in [4.78, 5) is 14.9. The van der Waals surface area contributed by atoms with Crippen LogP contribution in [-0.2, 0) is 11.2 Å². The molecule has 0 aliphatic rings. The van der Waals surface area contributed by atoms with Gasteiger partial charge in [0.25, 0.3) is 0 Å². The summed E-state index contributed by atoms with van der Waals surface area (Å²) in [6.45, 7) is 0. The molecule has 0 aliphatic carbocycles. The average molecular weight is 228 g/mol. The van der Waals surface area contributed by atoms with E-state index in [1.54, 1.807) is 6.07 Å². The van der Waals surface area contributed by atoms with Gasteiger partial charge in [-0.2, -0.15) is 0 Å². The normalized spacial score (nSPS) is 10.1. The van der Waals surface area contributed by atoms with Gasteiger partial charge in [0.05, 0.1) is 24.0 Å². The number of hydrogen-bond donors (Lipinski definition) is 2. The van der Waals surface area contributed by atoms with Crippen molar-refractivity contribution < 1.29 is 9.90 Å². The van der Waals surface area contributed by atoms with Gasteiger partial charge in [-0.1, -0.05) is 30.3 Å². The highest BCUT2D eigenvalue weighted by atomic mass is 16.4. The topological polar surface area (TPSA) is 76.2 Å². The van der Waals surface area contributed by atoms with Crippen LogP contribution in [0.25, 0.3) is 11.3 Å². The Bertz CT molecular complexity index is 538. The third-order valence-electron chi connectivity index (χ3n) is 2.44. The Balaban J connectivity index is 2.41. The second-order valence-electron chi connectivity index (χ2n) is 3.70. The summed E-state index contributed by atoms with van der Waals surface area (Å²) in [5, 5.41) is 8.78. The zero-order valence-corrected chi connectivity index (χ0v) is 9.13. The summed E-state index contributed by atoms with van der Waals surface area (Å²) in [6.07, 6.45) is 1.41. The van der Waals surface area contributed by atoms with Gasteiger partial charge in [0.2, 0.25) is 0 Å². The molecule has 86 valence electrons. The Morgan fingerprint density at radius 3 is 2.65 bits per heavy atom. The van der Waals surface area contributed by atoms with Crippen molar-refractivity contribution in [1.29, 1.82) is 0 Å². The summed E-state index contributed by atoms with van der Waals surface area (Å²) in [7, 11) is 0. The Hall–Kier alpha value is -2.36. The van der Waals surface area contributed by atoms with Crippen molar-refractivity contribution >= 4 is 11.7 Å². The standard InChI is InChI=1S/C13H12N2O2/c14-11-8-15-12(6-10(11)7-13(16)17)9-4-2-1-3-5-9/h1-6,8H,7,14H2,(H,16,17). The van der Waals surface area contributed by atoms with Crippen LogP contribution < -0.4 is 5.73 Å². The lowest BCUT2D eigenvalue weighted by atomic mass is 10.1. The van der Waals surface area contributed by atoms with Crippen LogP contribution in [0.4, 0.5) is 5.69 Å². The van der Waals surface area contributed by atoms with Crippen molar-refractivity contribution in [3.8, 4) is 11.3 Å². The average Bonchev–Trinajstić information content (AvgIpc) is 2.32. The molecule has 17 heavy (non-hydrogen) atoms. The molecule has 0 saturated carbocycles. The zero-order chi connectivity index (χ0) is 12.3. The van der Waals surface area contributed by atoms with E-state index in [0.717, 1.165) is 11.3 Å². The molecule has 2 rings (SSSR count). The number of aliphatic carboxylic acids is 1. The fourth-order valence-corrected chi connectivity index (χ4v) is 1.59. The maximum Gasteiger partial charge on any atom is 0.307 e. The molecule has 1 aromatic carbocycles. The molecular weight excluding hydrogens is 216 g/mol. The van der Waals surface area contributed by atoms with Crippen molar-refractivity contribution in [3.63, 3.8) is 0 Å². The van der Waals surface area contributed by atoms with Crippen LogP contribution in [0, 0.1) is 0 Å². The molecule has 3 N–H and O–H groups in total. The first-order valence-electron chi connectivity index (χ1n) is 5.18. The quantitative estimate of drug-likeness (QED) is 0.841. The maximum atomic E-state index is 10.7. The number of nitrogen functional groups attached to an aromatic ring is 1. The molecule has 1 aromatic heterocycles. The number of rotatable bonds is 3. The lowest BCUT2D eigenvalue weighted by molar-refractivity contribution is -0.136. The third kappa shape index (κ3) is 2.60. The Kier molecular flexibility index (Phi) is 3.05. The highest BCUT2D eigenvalue weighted by molar-refractivity contribution is 5.74. The number of anilines is 1. The highest BCUT2D eigenvalue weighted by Gasteiger charge is 2.07. The zero-order valence-electron chi connectivity index (χ0n) is 9.13. The Labute approximate surface area is 98.7 Å². The van der Waals surface area contributed by atoms with E-state index >= 15 is 0 Å². The first kappa shape index (κ1) is 11.1. The smallest absolute Gasteiger partial charge is 0.307 e. The molecule has 4 heteroatoms. The summed E-state index contributed by atoms with van der Waals surface area (Å²) in [5.74, 6) is -0.901. The van der Waals surface area contributed by atoms with Crippen molar-refractivity contribution in [2.75, 3.05) is 5.73 Å². The van der Waals surface area contributed by atoms with E-state index in [2.05, 4.69) is 4.98 Å². The first-order valence-corrected chi connectivity index (χ1v) is 5.18. The predicted octanol–water partition coefficient (Wildman–Crippen LogP) is 1.96. The first-order chi connectivity index (χ1) is 8.16. The van der Waals surface area contributed by atoms with Crippen molar-refractivity contribution in [3.05, 3.63) is 48.2 Å². The van der Waals surface area contributed by atoms with E-state index in [4.69, 9.17) is 10.8 Å². The van der Waals surface area contributed by atoms with Gasteiger partial charge < -0.3 is 10.8 Å². The lowest BCUT2D eigenvalue weighted by Crippen LogP contribution is -2.04. The largest absolute Gasteiger partial charge is 0.481 e. The van der Waals surface area contributed by atoms with Gasteiger partial charge >= 0.3 is 5.97 Å². The Morgan fingerprint density at radius 1 is 1.29 bits per heavy atom. The van der Waals surface area contributed by atoms with Gasteiger partial charge in [0, 0.05) is 5.56 Å². The molecule has 4 nitrogen and oxygen atoms in total. The lowest BCUT2D eigenvalue weighted by Gasteiger charge is -2.06. The molecule has 0 bridgehead atoms. The van der Waals surface area contributed by atoms with Crippen LogP contribution in [0.2, 0.25) is 0 Å². The van der Waals surface area contributed by atoms with E-state index in [1.165, 1.54) is 6.20 Å². The number of pyridine rings is 1. The maximum absolute atomic E-state index is 10.7. The van der Waals surface area contributed by atoms with Gasteiger partial charge in [-0.3, -0.25) is 9.78 Å². The van der Waals surface area contributed by atoms with Gasteiger partial charge in [-0.05, 0) is 11.6 Å². The second-order valence-corrected chi connectivity index (χ2v) is 3.70. The van der Waals surface area contributed by atoms with Gasteiger partial charge in [0.15, 0.2) is 0 Å². The van der Waals surface area contributed by atoms with E-state index in [9.17, 15) is 4.79 Å². The van der Waals surface area contributed by atoms with Crippen LogP contribution >= 0.6 is 0 Å². The van der Waals surface area contributed by atoms with Gasteiger partial charge in [-0.25, -0.2) is 0 Å². The molecule has 1 heterocycles. The molecule has 2 aromatic rings. The monoisotopic (exact) mass is 228 g/mol. The van der Waals surface area contributed by atoms with Crippen LogP contribution in [0.15, 0.2) is 42.6 Å². The minimum absolute atomic E-state index is 0.0891. The summed E-state index contributed by atoms with van der Waals surface area (Å²) < 4.78 is 0. The third-order valence-corrected chi connectivity index (χ3v) is 2.44. The number of hydrogen-bond acceptors (Lipinski definition) is 3. The van der Waals surface area contributed by atoms with Crippen LogP contribution in [0.3, 0.4) is 0 Å². The Morgan fingerprint density at radius 2 is 2.00 bits per heavy atom. The summed E-state index contributed by atoms with van der Waals surface area (Å²) >= 11 is 0. The fraction of sp³-hybridized carbons (Fsp3) is 0.0769. The van der Waals surface area contributed by atoms with Crippen LogP contribution in [0.5, 0.6) is 0 Å².